The molecule has 5 heteroatoms. The molecule has 5 nitrogen and oxygen atoms in total. The summed E-state index contributed by atoms with van der Waals surface area (Å²) in [5, 5.41) is 2.74. The Kier molecular flexibility index (Phi) is 6.67. The minimum Gasteiger partial charge on any atom is -0.457 e. The minimum absolute atomic E-state index is 0.00134. The molecule has 0 aromatic heterocycles. The second-order valence-corrected chi connectivity index (χ2v) is 6.35. The van der Waals surface area contributed by atoms with Gasteiger partial charge in [-0.3, -0.25) is 14.4 Å². The number of ether oxygens (including phenoxy) is 1. The molecule has 26 heavy (non-hydrogen) atoms. The van der Waals surface area contributed by atoms with Crippen molar-refractivity contribution in [1.29, 1.82) is 0 Å². The number of hydrogen-bond donors (Lipinski definition) is 1. The first-order valence-electron chi connectivity index (χ1n) is 8.49. The van der Waals surface area contributed by atoms with Crippen molar-refractivity contribution in [3.05, 3.63) is 70.8 Å². The number of carbonyl (C=O) groups excluding carboxylic acids is 3. The number of aryl methyl sites for hydroxylation is 2. The normalized spacial score (nSPS) is 11.5. The third kappa shape index (κ3) is 5.55. The van der Waals surface area contributed by atoms with Gasteiger partial charge in [-0.05, 0) is 44.5 Å². The maximum absolute atomic E-state index is 12.2. The van der Waals surface area contributed by atoms with Gasteiger partial charge >= 0.3 is 5.97 Å². The molecule has 1 atom stereocenters. The lowest BCUT2D eigenvalue weighted by Crippen LogP contribution is -2.34. The van der Waals surface area contributed by atoms with E-state index in [9.17, 15) is 14.4 Å². The molecule has 0 saturated heterocycles. The zero-order chi connectivity index (χ0) is 19.1. The smallest absolute Gasteiger partial charge is 0.308 e. The molecule has 0 aliphatic carbocycles. The highest BCUT2D eigenvalue weighted by Crippen LogP contribution is 2.12. The first-order chi connectivity index (χ1) is 12.4. The van der Waals surface area contributed by atoms with E-state index in [-0.39, 0.29) is 24.7 Å². The number of amides is 1. The number of nitrogens with one attached hydrogen (secondary N) is 1. The van der Waals surface area contributed by atoms with Gasteiger partial charge in [-0.15, -0.1) is 0 Å². The Labute approximate surface area is 153 Å². The molecule has 1 amide bonds. The fraction of sp³-hybridized carbons (Fsp3) is 0.286. The molecule has 1 unspecified atom stereocenters. The Hall–Kier alpha value is -2.95. The van der Waals surface area contributed by atoms with Crippen molar-refractivity contribution in [3.8, 4) is 0 Å². The summed E-state index contributed by atoms with van der Waals surface area (Å²) in [6.07, 6.45) is -0.00134. The fourth-order valence-corrected chi connectivity index (χ4v) is 2.52. The van der Waals surface area contributed by atoms with Gasteiger partial charge in [0.15, 0.2) is 6.61 Å². The van der Waals surface area contributed by atoms with Gasteiger partial charge < -0.3 is 10.1 Å². The van der Waals surface area contributed by atoms with E-state index in [2.05, 4.69) is 5.32 Å². The summed E-state index contributed by atoms with van der Waals surface area (Å²) in [6, 6.07) is 13.9. The average Bonchev–Trinajstić information content (AvgIpc) is 2.62. The molecule has 2 aromatic carbocycles. The number of ketones is 1. The number of benzene rings is 2. The van der Waals surface area contributed by atoms with Crippen LogP contribution >= 0.6 is 0 Å². The molecule has 0 spiro atoms. The second kappa shape index (κ2) is 8.94. The fourth-order valence-electron chi connectivity index (χ4n) is 2.52. The summed E-state index contributed by atoms with van der Waals surface area (Å²) < 4.78 is 5.07. The van der Waals surface area contributed by atoms with Crippen LogP contribution in [0.3, 0.4) is 0 Å². The lowest BCUT2D eigenvalue weighted by atomic mass is 10.0. The Balaban J connectivity index is 1.82. The van der Waals surface area contributed by atoms with Crippen LogP contribution in [0.25, 0.3) is 0 Å². The van der Waals surface area contributed by atoms with Crippen molar-refractivity contribution < 1.29 is 19.1 Å². The van der Waals surface area contributed by atoms with Crippen molar-refractivity contribution in [2.75, 3.05) is 6.61 Å². The zero-order valence-corrected chi connectivity index (χ0v) is 15.2. The highest BCUT2D eigenvalue weighted by Gasteiger charge is 2.16. The lowest BCUT2D eigenvalue weighted by Gasteiger charge is -2.13. The number of Topliss-reactive ketones (excluding diaryl/α,β-unsaturated/α-hetero) is 1. The van der Waals surface area contributed by atoms with Crippen LogP contribution in [0.5, 0.6) is 0 Å². The quantitative estimate of drug-likeness (QED) is 0.613. The summed E-state index contributed by atoms with van der Waals surface area (Å²) in [5.41, 5.74) is 2.91. The van der Waals surface area contributed by atoms with Crippen LogP contribution in [0.4, 0.5) is 0 Å². The molecule has 0 heterocycles. The molecule has 2 aromatic rings. The van der Waals surface area contributed by atoms with E-state index in [0.29, 0.717) is 11.1 Å². The van der Waals surface area contributed by atoms with Crippen LogP contribution in [0, 0.1) is 13.8 Å². The van der Waals surface area contributed by atoms with Gasteiger partial charge in [0.1, 0.15) is 0 Å². The number of esters is 1. The Morgan fingerprint density at radius 3 is 2.42 bits per heavy atom. The van der Waals surface area contributed by atoms with Gasteiger partial charge in [0, 0.05) is 17.2 Å². The van der Waals surface area contributed by atoms with Crippen molar-refractivity contribution in [1.82, 2.24) is 5.32 Å². The van der Waals surface area contributed by atoms with Crippen LogP contribution in [0.1, 0.15) is 45.2 Å². The Morgan fingerprint density at radius 2 is 1.73 bits per heavy atom. The summed E-state index contributed by atoms with van der Waals surface area (Å²) in [6.45, 7) is 5.16. The van der Waals surface area contributed by atoms with Gasteiger partial charge in [0.25, 0.3) is 5.91 Å². The summed E-state index contributed by atoms with van der Waals surface area (Å²) in [4.78, 5) is 36.2. The SMILES string of the molecule is Cc1ccc(C)c(C(=O)COC(=O)CC(C)NC(=O)c2ccccc2)c1. The van der Waals surface area contributed by atoms with Gasteiger partial charge in [-0.1, -0.05) is 35.9 Å². The van der Waals surface area contributed by atoms with E-state index in [4.69, 9.17) is 4.74 Å². The summed E-state index contributed by atoms with van der Waals surface area (Å²) in [7, 11) is 0. The molecular weight excluding hydrogens is 330 g/mol. The van der Waals surface area contributed by atoms with Crippen molar-refractivity contribution in [3.63, 3.8) is 0 Å². The van der Waals surface area contributed by atoms with Gasteiger partial charge in [-0.25, -0.2) is 0 Å². The lowest BCUT2D eigenvalue weighted by molar-refractivity contribution is -0.142. The maximum Gasteiger partial charge on any atom is 0.308 e. The monoisotopic (exact) mass is 353 g/mol. The second-order valence-electron chi connectivity index (χ2n) is 6.35. The molecule has 2 rings (SSSR count). The van der Waals surface area contributed by atoms with E-state index < -0.39 is 12.0 Å². The highest BCUT2D eigenvalue weighted by molar-refractivity contribution is 5.99. The van der Waals surface area contributed by atoms with Crippen LogP contribution in [0.15, 0.2) is 48.5 Å². The molecule has 0 fully saturated rings. The molecular formula is C21H23NO4. The molecule has 0 aliphatic heterocycles. The topological polar surface area (TPSA) is 72.5 Å². The van der Waals surface area contributed by atoms with Gasteiger partial charge in [0.05, 0.1) is 6.42 Å². The van der Waals surface area contributed by atoms with Gasteiger partial charge in [-0.2, -0.15) is 0 Å². The maximum atomic E-state index is 12.2. The number of carbonyl (C=O) groups is 3. The third-order valence-electron chi connectivity index (χ3n) is 3.94. The van der Waals surface area contributed by atoms with Gasteiger partial charge in [0.2, 0.25) is 5.78 Å². The summed E-state index contributed by atoms with van der Waals surface area (Å²) >= 11 is 0. The van der Waals surface area contributed by atoms with Crippen LogP contribution in [0.2, 0.25) is 0 Å². The number of rotatable bonds is 7. The molecule has 0 bridgehead atoms. The minimum atomic E-state index is -0.524. The predicted molar refractivity (Wildman–Crippen MR) is 99.2 cm³/mol. The van der Waals surface area contributed by atoms with E-state index in [0.717, 1.165) is 11.1 Å². The highest BCUT2D eigenvalue weighted by atomic mass is 16.5. The Bertz CT molecular complexity index is 799. The molecule has 0 radical (unpaired) electrons. The molecule has 1 N–H and O–H groups in total. The van der Waals surface area contributed by atoms with E-state index in [1.54, 1.807) is 37.3 Å². The summed E-state index contributed by atoms with van der Waals surface area (Å²) in [5.74, 6) is -1.01. The predicted octanol–water partition coefficient (Wildman–Crippen LogP) is 3.24. The first-order valence-corrected chi connectivity index (χ1v) is 8.49. The van der Waals surface area contributed by atoms with E-state index in [1.165, 1.54) is 0 Å². The van der Waals surface area contributed by atoms with Crippen molar-refractivity contribution >= 4 is 17.7 Å². The van der Waals surface area contributed by atoms with Crippen molar-refractivity contribution in [2.24, 2.45) is 0 Å². The van der Waals surface area contributed by atoms with E-state index >= 15 is 0 Å². The van der Waals surface area contributed by atoms with Crippen molar-refractivity contribution in [2.45, 2.75) is 33.2 Å². The van der Waals surface area contributed by atoms with E-state index in [1.807, 2.05) is 32.0 Å². The molecule has 0 saturated carbocycles. The number of hydrogen-bond acceptors (Lipinski definition) is 4. The van der Waals surface area contributed by atoms with Crippen LogP contribution in [-0.2, 0) is 9.53 Å². The average molecular weight is 353 g/mol. The zero-order valence-electron chi connectivity index (χ0n) is 15.2. The standard InChI is InChI=1S/C21H23NO4/c1-14-9-10-15(2)18(11-14)19(23)13-26-20(24)12-16(3)22-21(25)17-7-5-4-6-8-17/h4-11,16H,12-13H2,1-3H3,(H,22,25). The Morgan fingerprint density at radius 1 is 1.04 bits per heavy atom. The van der Waals surface area contributed by atoms with Crippen LogP contribution < -0.4 is 5.32 Å². The third-order valence-corrected chi connectivity index (χ3v) is 3.94. The largest absolute Gasteiger partial charge is 0.457 e. The molecule has 0 aliphatic rings. The first kappa shape index (κ1) is 19.4. The molecule has 136 valence electrons. The van der Waals surface area contributed by atoms with Crippen LogP contribution in [-0.4, -0.2) is 30.3 Å².